The molecule has 10 heterocycles. The first kappa shape index (κ1) is 105. The first-order chi connectivity index (χ1) is 65.6. The summed E-state index contributed by atoms with van der Waals surface area (Å²) in [4.78, 5) is 134. The largest absolute Gasteiger partial charge is 0.484 e. The van der Waals surface area contributed by atoms with Crippen LogP contribution in [0.5, 0.6) is 11.5 Å². The molecule has 0 spiro atoms. The molecule has 10 aromatic rings. The van der Waals surface area contributed by atoms with Crippen LogP contribution in [0.3, 0.4) is 0 Å². The number of hydrogen-bond acceptors (Lipinski definition) is 31. The highest BCUT2D eigenvalue weighted by atomic mass is 35.5. The number of fused-ring (bicyclic) bond motifs is 2. The van der Waals surface area contributed by atoms with E-state index in [4.69, 9.17) is 65.8 Å². The standard InChI is InChI=1S/C48H58ClN7O10S.C27H39N5O4S.C19H19ClN4O7.CH3F/c1-26-42(67-25-54-26)28-12-10-27(11-13-28)21-51-45(63)36-20-32(59)22-56(36)46(64)34(48(2,3)4)19-30(57)8-6-5-7-9-31(58)23-65-37-18-29(14-15-35(37)49)38(60)41-39(61)40(62)47(66-41)55-17-16-33-43(50)52-24-53-44(33)55;1-17-23(37-16-30-17)19-10-8-18(9-11-19)14-29-25(35)21-13-20(33)15-32(21)26(36)24(27(2,3)4)31-22(34)7-5-6-12-28;20-10-2-1-8(5-11(10)30-6-12(25)26)13(27)16-14(28)15(29)19(31-16)24-4-3-9-17(21)22-7-23-18(9)24;1-2/h10-18,24-25,32,34,36,38-41,47,59-62H,5-9,19-23H2,1-4H3,(H,51,63)(H2,50,52,53);8-11,16,20-21,24,33H,5-7,12-15,28H2,1-4H3,(H,29,35)(H,31,34);1-5,7,13-16,19,27-29H,6H2,(H,25,26)(H2,21,22,23);1H3/t32-,34-,36+,38+,39-,40+,41+,47+;20-,21+,24-;13-,14+,15-,16-,19-;/m011./s1/i;;;1D. The first-order valence-electron chi connectivity index (χ1n) is 45.3. The predicted molar refractivity (Wildman–Crippen MR) is 510 cm³/mol. The van der Waals surface area contributed by atoms with E-state index in [-0.39, 0.29) is 150 Å². The van der Waals surface area contributed by atoms with Crippen molar-refractivity contribution in [1.82, 2.24) is 64.8 Å². The second kappa shape index (κ2) is 47.9. The predicted octanol–water partition coefficient (Wildman–Crippen LogP) is 8.67. The topological polar surface area (TPSA) is 563 Å². The number of carboxylic acids is 1. The van der Waals surface area contributed by atoms with Crippen molar-refractivity contribution >= 4 is 127 Å². The van der Waals surface area contributed by atoms with Crippen LogP contribution >= 0.6 is 45.9 Å². The van der Waals surface area contributed by atoms with Crippen molar-refractivity contribution in [2.24, 2.45) is 22.5 Å². The minimum atomic E-state index is -1.48. The van der Waals surface area contributed by atoms with Gasteiger partial charge >= 0.3 is 5.97 Å². The summed E-state index contributed by atoms with van der Waals surface area (Å²) in [6, 6.07) is 25.3. The number of β-amino-alcohol motifs (C(OH)–C–C–N with tert-alkyl or cyclic N) is 2. The van der Waals surface area contributed by atoms with Crippen molar-refractivity contribution in [3.05, 3.63) is 177 Å². The lowest BCUT2D eigenvalue weighted by molar-refractivity contribution is -0.146. The number of aryl methyl sites for hydroxylation is 2. The lowest BCUT2D eigenvalue weighted by atomic mass is 9.76. The Balaban J connectivity index is 0.000000215. The number of nitrogens with two attached hydrogens (primary N) is 3. The Hall–Kier alpha value is -11.2. The van der Waals surface area contributed by atoms with E-state index < -0.39 is 128 Å². The lowest BCUT2D eigenvalue weighted by Crippen LogP contribution is -2.57. The first-order valence-corrected chi connectivity index (χ1v) is 47.1. The molecule has 16 atom stereocenters. The molecule has 4 aliphatic heterocycles. The van der Waals surface area contributed by atoms with Crippen molar-refractivity contribution in [3.63, 3.8) is 0 Å². The van der Waals surface area contributed by atoms with Gasteiger partial charge in [0.15, 0.2) is 24.8 Å². The molecule has 137 heavy (non-hydrogen) atoms. The molecule has 6 aromatic heterocycles. The Kier molecular flexibility index (Phi) is 36.6. The third-order valence-corrected chi connectivity index (χ3v) is 26.8. The Bertz CT molecular complexity index is 5850. The zero-order valence-electron chi connectivity index (χ0n) is 78.0. The van der Waals surface area contributed by atoms with E-state index in [0.29, 0.717) is 60.8 Å². The van der Waals surface area contributed by atoms with Gasteiger partial charge in [-0.1, -0.05) is 132 Å². The molecule has 0 radical (unpaired) electrons. The number of benzene rings is 4. The minimum Gasteiger partial charge on any atom is -0.484 e. The molecule has 738 valence electrons. The summed E-state index contributed by atoms with van der Waals surface area (Å²) >= 11 is 15.5. The molecule has 4 saturated heterocycles. The second-order valence-electron chi connectivity index (χ2n) is 36.2. The van der Waals surface area contributed by atoms with Crippen LogP contribution < -0.4 is 42.6 Å². The number of aromatic nitrogens is 8. The molecule has 4 aliphatic rings. The fourth-order valence-electron chi connectivity index (χ4n) is 16.6. The van der Waals surface area contributed by atoms with Gasteiger partial charge in [-0.15, -0.1) is 22.7 Å². The number of carboxylic acid groups (broad SMARTS) is 1. The van der Waals surface area contributed by atoms with Gasteiger partial charge < -0.3 is 117 Å². The number of halogens is 3. The molecular formula is C95H119Cl2FN16O21S2. The summed E-state index contributed by atoms with van der Waals surface area (Å²) in [5.74, 6) is -3.15. The highest BCUT2D eigenvalue weighted by Crippen LogP contribution is 2.44. The fourth-order valence-corrected chi connectivity index (χ4v) is 18.6. The number of nitrogens with one attached hydrogen (secondary N) is 3. The number of aliphatic hydroxyl groups excluding tert-OH is 8. The zero-order chi connectivity index (χ0) is 100. The van der Waals surface area contributed by atoms with E-state index >= 15 is 0 Å². The van der Waals surface area contributed by atoms with E-state index in [9.17, 15) is 83.6 Å². The summed E-state index contributed by atoms with van der Waals surface area (Å²) in [6.45, 7) is 15.4. The molecule has 0 bridgehead atoms. The van der Waals surface area contributed by atoms with Crippen molar-refractivity contribution < 1.29 is 109 Å². The number of alkyl halides is 1. The van der Waals surface area contributed by atoms with Gasteiger partial charge in [0.1, 0.15) is 126 Å². The van der Waals surface area contributed by atoms with Gasteiger partial charge in [0.25, 0.3) is 0 Å². The molecule has 4 fully saturated rings. The number of carbonyl (C=O) groups excluding carboxylic acids is 7. The summed E-state index contributed by atoms with van der Waals surface area (Å²) in [5, 5.41) is 105. The number of anilines is 2. The van der Waals surface area contributed by atoms with Crippen molar-refractivity contribution in [3.8, 4) is 32.4 Å². The normalized spacial score (nSPS) is 21.2. The number of carbonyl (C=O) groups is 8. The number of aliphatic carboxylic acids is 1. The second-order valence-corrected chi connectivity index (χ2v) is 38.7. The third kappa shape index (κ3) is 26.6. The number of nitrogen functional groups attached to an aromatic ring is 2. The fraction of sp³-hybridized carbons (Fsp3) is 0.474. The number of amides is 5. The van der Waals surface area contributed by atoms with Crippen LogP contribution in [0.2, 0.25) is 10.0 Å². The molecule has 14 rings (SSSR count). The van der Waals surface area contributed by atoms with Crippen LogP contribution in [-0.4, -0.2) is 249 Å². The van der Waals surface area contributed by atoms with Crippen molar-refractivity contribution in [2.45, 2.75) is 231 Å². The number of aliphatic hydroxyl groups is 8. The third-order valence-electron chi connectivity index (χ3n) is 24.2. The number of rotatable bonds is 35. The Labute approximate surface area is 809 Å². The van der Waals surface area contributed by atoms with Crippen molar-refractivity contribution in [2.75, 3.05) is 51.5 Å². The quantitative estimate of drug-likeness (QED) is 0.0165. The van der Waals surface area contributed by atoms with Gasteiger partial charge in [0.2, 0.25) is 29.5 Å². The Morgan fingerprint density at radius 2 is 1.00 bits per heavy atom. The summed E-state index contributed by atoms with van der Waals surface area (Å²) in [6.07, 6.45) is -5.13. The maximum atomic E-state index is 14.1. The van der Waals surface area contributed by atoms with E-state index in [1.807, 2.05) is 109 Å². The lowest BCUT2D eigenvalue weighted by Gasteiger charge is -2.35. The average Bonchev–Trinajstić information content (AvgIpc) is 1.61. The summed E-state index contributed by atoms with van der Waals surface area (Å²) < 4.78 is 41.2. The van der Waals surface area contributed by atoms with Crippen LogP contribution in [0.25, 0.3) is 42.9 Å². The van der Waals surface area contributed by atoms with Gasteiger partial charge in [-0.25, -0.2) is 34.7 Å². The smallest absolute Gasteiger partial charge is 0.341 e. The van der Waals surface area contributed by atoms with E-state index in [1.165, 1.54) is 68.0 Å². The Morgan fingerprint density at radius 3 is 1.42 bits per heavy atom. The number of ketones is 2. The molecule has 42 heteroatoms. The molecule has 0 saturated carbocycles. The zero-order valence-corrected chi connectivity index (χ0v) is 80.1. The van der Waals surface area contributed by atoms with E-state index in [2.05, 4.69) is 45.9 Å². The monoisotopic (exact) mass is 1970 g/mol. The number of unbranched alkanes of at least 4 members (excludes halogenated alkanes) is 3. The maximum Gasteiger partial charge on any atom is 0.341 e. The number of hydrogen-bond donors (Lipinski definition) is 15. The number of nitrogens with zero attached hydrogens (tertiary/aromatic N) is 10. The number of thiazole rings is 2. The van der Waals surface area contributed by atoms with Gasteiger partial charge in [-0.05, 0) is 127 Å². The van der Waals surface area contributed by atoms with Crippen LogP contribution in [0.15, 0.2) is 133 Å². The highest BCUT2D eigenvalue weighted by Gasteiger charge is 2.51. The van der Waals surface area contributed by atoms with Crippen LogP contribution in [-0.2, 0) is 60.9 Å². The molecular weight excluding hydrogens is 1860 g/mol. The van der Waals surface area contributed by atoms with Gasteiger partial charge in [0.05, 0.1) is 73.7 Å². The minimum absolute atomic E-state index is 0.00370. The molecule has 5 amide bonds. The van der Waals surface area contributed by atoms with Crippen molar-refractivity contribution in [1.29, 1.82) is 0 Å². The van der Waals surface area contributed by atoms with E-state index in [1.54, 1.807) is 52.7 Å². The molecule has 18 N–H and O–H groups in total. The molecule has 0 unspecified atom stereocenters. The average molecular weight is 1980 g/mol. The van der Waals surface area contributed by atoms with Gasteiger partial charge in [-0.3, -0.25) is 38.0 Å². The van der Waals surface area contributed by atoms with Crippen LogP contribution in [0.1, 0.15) is 172 Å². The Morgan fingerprint density at radius 1 is 0.569 bits per heavy atom. The van der Waals surface area contributed by atoms with Crippen LogP contribution in [0.4, 0.5) is 16.0 Å². The molecule has 0 aliphatic carbocycles. The summed E-state index contributed by atoms with van der Waals surface area (Å²) in [7, 11) is -1.00. The highest BCUT2D eigenvalue weighted by molar-refractivity contribution is 7.13. The maximum absolute atomic E-state index is 14.1. The van der Waals surface area contributed by atoms with Gasteiger partial charge in [0, 0.05) is 83.0 Å². The molecule has 4 aromatic carbocycles. The summed E-state index contributed by atoms with van der Waals surface area (Å²) in [5.41, 5.74) is 26.9. The van der Waals surface area contributed by atoms with Gasteiger partial charge in [-0.2, -0.15) is 0 Å². The van der Waals surface area contributed by atoms with E-state index in [0.717, 1.165) is 49.8 Å². The van der Waals surface area contributed by atoms with Crippen LogP contribution in [0, 0.1) is 30.6 Å². The number of ether oxygens (including phenoxy) is 4. The SMILES string of the molecule is Cc1ncsc1-c1ccc(CNC(=O)[C@@H]2C[C@@H](O)CN2C(=O)[C@@H](NC(=O)CCCCN)C(C)(C)C)cc1.Cc1ncsc1-c1ccc(CNC(=O)[C@H]2C[C@H](O)CN2C(=O)[C@H](CC(=O)CCCCCC(=O)COc2cc([C@@H](O)[C@H]3O[C@@H](n4ccc5c(N)ncnc54)[C@H](O)[C@@H]3O)ccc2Cl)C(C)(C)C)cc1.Nc1ncnc2c1ccn2[C@@H]1O[C@H]([C@H](O)c2ccc(Cl)c(OCC(=O)O)c2)[C@@H](O)[C@H]1O.[2H]CF. The number of Topliss-reactive ketones (excluding diaryl/α,β-unsaturated/α-hetero) is 2. The molecule has 37 nitrogen and oxygen atoms in total. The number of likely N-dealkylation sites (tertiary alicyclic amines) is 2.